The number of alkyl halides is 3. The molecule has 1 aliphatic rings. The molecule has 1 fully saturated rings. The molecule has 2 N–H and O–H groups in total. The largest absolute Gasteiger partial charge is 0.417 e. The fraction of sp³-hybridized carbons (Fsp3) is 0.316. The van der Waals surface area contributed by atoms with Gasteiger partial charge in [0.15, 0.2) is 11.6 Å². The van der Waals surface area contributed by atoms with Crippen molar-refractivity contribution in [3.63, 3.8) is 0 Å². The maximum atomic E-state index is 14.5. The van der Waals surface area contributed by atoms with Gasteiger partial charge in [-0.15, -0.1) is 0 Å². The molecule has 0 aliphatic carbocycles. The Balaban J connectivity index is 1.75. The zero-order valence-corrected chi connectivity index (χ0v) is 15.2. The molecule has 0 aromatic carbocycles. The lowest BCUT2D eigenvalue weighted by molar-refractivity contribution is -0.137. The number of fused-ring (bicyclic) bond motifs is 1. The van der Waals surface area contributed by atoms with Crippen LogP contribution in [0.1, 0.15) is 18.4 Å². The van der Waals surface area contributed by atoms with Crippen molar-refractivity contribution in [2.24, 2.45) is 11.7 Å². The van der Waals surface area contributed by atoms with E-state index in [1.54, 1.807) is 4.90 Å². The Morgan fingerprint density at radius 1 is 1.21 bits per heavy atom. The minimum absolute atomic E-state index is 0.0374. The summed E-state index contributed by atoms with van der Waals surface area (Å²) < 4.78 is 55.0. The minimum atomic E-state index is -4.51. The number of halogens is 4. The van der Waals surface area contributed by atoms with Gasteiger partial charge in [0, 0.05) is 19.3 Å². The topological polar surface area (TPSA) is 76.5 Å². The lowest BCUT2D eigenvalue weighted by Crippen LogP contribution is -2.41. The van der Waals surface area contributed by atoms with Gasteiger partial charge in [-0.05, 0) is 37.1 Å². The molecule has 4 rings (SSSR count). The number of carbonyl (C=O) groups is 1. The van der Waals surface area contributed by atoms with Gasteiger partial charge >= 0.3 is 6.18 Å². The molecule has 1 amide bonds. The fourth-order valence-electron chi connectivity index (χ4n) is 3.54. The Bertz CT molecular complexity index is 1080. The van der Waals surface area contributed by atoms with Gasteiger partial charge in [-0.2, -0.15) is 13.2 Å². The molecule has 6 nitrogen and oxygen atoms in total. The summed E-state index contributed by atoms with van der Waals surface area (Å²) in [7, 11) is 0. The van der Waals surface area contributed by atoms with E-state index in [1.165, 1.54) is 28.8 Å². The Morgan fingerprint density at radius 2 is 2.00 bits per heavy atom. The van der Waals surface area contributed by atoms with Crippen LogP contribution in [0.5, 0.6) is 0 Å². The van der Waals surface area contributed by atoms with Crippen LogP contribution in [0.4, 0.5) is 23.4 Å². The first kappa shape index (κ1) is 19.2. The molecule has 152 valence electrons. The third-order valence-electron chi connectivity index (χ3n) is 5.05. The molecular weight excluding hydrogens is 390 g/mol. The average Bonchev–Trinajstić information content (AvgIpc) is 3.11. The summed E-state index contributed by atoms with van der Waals surface area (Å²) in [6.07, 6.45) is -0.896. The van der Waals surface area contributed by atoms with Gasteiger partial charge in [0.05, 0.1) is 29.1 Å². The van der Waals surface area contributed by atoms with E-state index in [9.17, 15) is 22.4 Å². The molecule has 0 unspecified atom stereocenters. The number of nitrogens with two attached hydrogens (primary N) is 1. The highest BCUT2D eigenvalue weighted by Crippen LogP contribution is 2.31. The number of anilines is 1. The second-order valence-electron chi connectivity index (χ2n) is 6.98. The van der Waals surface area contributed by atoms with E-state index in [2.05, 4.69) is 9.97 Å². The van der Waals surface area contributed by atoms with E-state index in [0.29, 0.717) is 30.7 Å². The van der Waals surface area contributed by atoms with Gasteiger partial charge in [-0.1, -0.05) is 0 Å². The van der Waals surface area contributed by atoms with Crippen LogP contribution in [0.25, 0.3) is 17.0 Å². The molecule has 0 spiro atoms. The molecule has 0 saturated carbocycles. The third-order valence-corrected chi connectivity index (χ3v) is 5.05. The summed E-state index contributed by atoms with van der Waals surface area (Å²) in [5.74, 6) is -1.40. The molecular formula is C19H17F4N5O. The van der Waals surface area contributed by atoms with E-state index in [0.717, 1.165) is 12.3 Å². The molecule has 0 bridgehead atoms. The van der Waals surface area contributed by atoms with Gasteiger partial charge in [0.25, 0.3) is 0 Å². The van der Waals surface area contributed by atoms with Gasteiger partial charge in [0.2, 0.25) is 5.91 Å². The quantitative estimate of drug-likeness (QED) is 0.677. The van der Waals surface area contributed by atoms with Crippen LogP contribution >= 0.6 is 0 Å². The number of hydrogen-bond donors (Lipinski definition) is 1. The number of primary amides is 1. The molecule has 29 heavy (non-hydrogen) atoms. The van der Waals surface area contributed by atoms with Gasteiger partial charge in [0.1, 0.15) is 5.65 Å². The summed E-state index contributed by atoms with van der Waals surface area (Å²) in [4.78, 5) is 21.6. The maximum Gasteiger partial charge on any atom is 0.417 e. The summed E-state index contributed by atoms with van der Waals surface area (Å²) in [5.41, 5.74) is 5.44. The van der Waals surface area contributed by atoms with E-state index in [-0.39, 0.29) is 18.1 Å². The summed E-state index contributed by atoms with van der Waals surface area (Å²) in [6.45, 7) is 0.747. The number of rotatable bonds is 3. The molecule has 4 heterocycles. The standard InChI is InChI=1S/C19H17F4N5O/c20-13-4-5-14(26-18(13)27-7-1-2-11(9-27)17(24)29)15-8-25-16-6-3-12(10-28(15)16)19(21,22)23/h3-6,8,10-11H,1-2,7,9H2,(H2,24,29)/t11-/m1/s1. The van der Waals surface area contributed by atoms with Crippen LogP contribution in [-0.4, -0.2) is 33.4 Å². The fourth-order valence-corrected chi connectivity index (χ4v) is 3.54. The number of pyridine rings is 2. The highest BCUT2D eigenvalue weighted by atomic mass is 19.4. The molecule has 3 aromatic rings. The summed E-state index contributed by atoms with van der Waals surface area (Å²) >= 11 is 0. The molecule has 1 aliphatic heterocycles. The van der Waals surface area contributed by atoms with Crippen molar-refractivity contribution >= 4 is 17.4 Å². The Morgan fingerprint density at radius 3 is 2.72 bits per heavy atom. The highest BCUT2D eigenvalue weighted by molar-refractivity contribution is 5.77. The van der Waals surface area contributed by atoms with E-state index >= 15 is 0 Å². The highest BCUT2D eigenvalue weighted by Gasteiger charge is 2.31. The lowest BCUT2D eigenvalue weighted by atomic mass is 9.97. The van der Waals surface area contributed by atoms with Crippen molar-refractivity contribution in [1.82, 2.24) is 14.4 Å². The summed E-state index contributed by atoms with van der Waals surface area (Å²) in [6, 6.07) is 4.81. The van der Waals surface area contributed by atoms with Gasteiger partial charge < -0.3 is 10.6 Å². The first-order chi connectivity index (χ1) is 13.7. The number of aromatic nitrogens is 3. The SMILES string of the molecule is NC(=O)[C@@H]1CCCN(c2nc(-c3cnc4ccc(C(F)(F)F)cn34)ccc2F)C1. The Hall–Kier alpha value is -3.17. The zero-order valence-electron chi connectivity index (χ0n) is 15.2. The summed E-state index contributed by atoms with van der Waals surface area (Å²) in [5, 5.41) is 0. The first-order valence-electron chi connectivity index (χ1n) is 8.99. The van der Waals surface area contributed by atoms with E-state index in [1.807, 2.05) is 0 Å². The second kappa shape index (κ2) is 7.02. The van der Waals surface area contributed by atoms with Crippen molar-refractivity contribution in [3.05, 3.63) is 48.0 Å². The van der Waals surface area contributed by atoms with Crippen LogP contribution in [0.3, 0.4) is 0 Å². The number of piperidine rings is 1. The molecule has 10 heteroatoms. The molecule has 1 atom stereocenters. The van der Waals surface area contributed by atoms with Gasteiger partial charge in [-0.25, -0.2) is 14.4 Å². The number of carbonyl (C=O) groups excluding carboxylic acids is 1. The van der Waals surface area contributed by atoms with Crippen LogP contribution in [0, 0.1) is 11.7 Å². The number of nitrogens with zero attached hydrogens (tertiary/aromatic N) is 4. The number of imidazole rings is 1. The predicted octanol–water partition coefficient (Wildman–Crippen LogP) is 3.26. The average molecular weight is 407 g/mol. The van der Waals surface area contributed by atoms with E-state index in [4.69, 9.17) is 5.73 Å². The Labute approximate surface area is 163 Å². The second-order valence-corrected chi connectivity index (χ2v) is 6.98. The first-order valence-corrected chi connectivity index (χ1v) is 8.99. The maximum absolute atomic E-state index is 14.5. The minimum Gasteiger partial charge on any atom is -0.369 e. The van der Waals surface area contributed by atoms with Crippen molar-refractivity contribution in [2.75, 3.05) is 18.0 Å². The molecule has 1 saturated heterocycles. The van der Waals surface area contributed by atoms with Crippen LogP contribution < -0.4 is 10.6 Å². The Kier molecular flexibility index (Phi) is 4.64. The smallest absolute Gasteiger partial charge is 0.369 e. The van der Waals surface area contributed by atoms with Crippen LogP contribution in [-0.2, 0) is 11.0 Å². The zero-order chi connectivity index (χ0) is 20.8. The lowest BCUT2D eigenvalue weighted by Gasteiger charge is -2.32. The van der Waals surface area contributed by atoms with Crippen molar-refractivity contribution < 1.29 is 22.4 Å². The number of hydrogen-bond acceptors (Lipinski definition) is 4. The molecule has 0 radical (unpaired) electrons. The van der Waals surface area contributed by atoms with Crippen molar-refractivity contribution in [2.45, 2.75) is 19.0 Å². The molecule has 3 aromatic heterocycles. The number of amides is 1. The van der Waals surface area contributed by atoms with Crippen molar-refractivity contribution in [1.29, 1.82) is 0 Å². The van der Waals surface area contributed by atoms with Gasteiger partial charge in [-0.3, -0.25) is 9.20 Å². The third kappa shape index (κ3) is 3.62. The monoisotopic (exact) mass is 407 g/mol. The van der Waals surface area contributed by atoms with E-state index < -0.39 is 29.4 Å². The predicted molar refractivity (Wildman–Crippen MR) is 97.5 cm³/mol. The van der Waals surface area contributed by atoms with Crippen LogP contribution in [0.2, 0.25) is 0 Å². The van der Waals surface area contributed by atoms with Crippen molar-refractivity contribution in [3.8, 4) is 11.4 Å². The van der Waals surface area contributed by atoms with Crippen LogP contribution in [0.15, 0.2) is 36.7 Å². The normalized spacial score (nSPS) is 17.7.